The minimum atomic E-state index is -0.342. The van der Waals surface area contributed by atoms with Crippen LogP contribution in [-0.2, 0) is 0 Å². The zero-order chi connectivity index (χ0) is 12.7. The van der Waals surface area contributed by atoms with Crippen LogP contribution in [0.15, 0.2) is 16.6 Å². The number of rotatable bonds is 1. The summed E-state index contributed by atoms with van der Waals surface area (Å²) in [6.07, 6.45) is 0. The minimum Gasteiger partial charge on any atom is -0.398 e. The minimum absolute atomic E-state index is 0.271. The lowest BCUT2D eigenvalue weighted by atomic mass is 10.0. The molecule has 90 valence electrons. The molecule has 4 heteroatoms. The molecule has 0 spiro atoms. The van der Waals surface area contributed by atoms with E-state index in [-0.39, 0.29) is 11.7 Å². The molecule has 0 radical (unpaired) electrons. The Bertz CT molecular complexity index is 594. The number of hydrogen-bond acceptors (Lipinski definition) is 2. The van der Waals surface area contributed by atoms with Crippen LogP contribution in [0.25, 0.3) is 10.9 Å². The van der Waals surface area contributed by atoms with E-state index in [1.54, 1.807) is 12.1 Å². The van der Waals surface area contributed by atoms with Crippen molar-refractivity contribution in [3.8, 4) is 0 Å². The molecule has 0 aliphatic heterocycles. The van der Waals surface area contributed by atoms with Crippen molar-refractivity contribution < 1.29 is 4.39 Å². The topological polar surface area (TPSA) is 38.9 Å². The molecule has 2 nitrogen and oxygen atoms in total. The van der Waals surface area contributed by atoms with Crippen molar-refractivity contribution in [3.63, 3.8) is 0 Å². The first-order valence-electron chi connectivity index (χ1n) is 5.46. The van der Waals surface area contributed by atoms with Crippen LogP contribution in [0.3, 0.4) is 0 Å². The lowest BCUT2D eigenvalue weighted by Gasteiger charge is -2.12. The number of nitrogens with two attached hydrogens (primary N) is 1. The average Bonchev–Trinajstić information content (AvgIpc) is 2.25. The van der Waals surface area contributed by atoms with Crippen molar-refractivity contribution in [1.82, 2.24) is 4.98 Å². The third-order valence-electron chi connectivity index (χ3n) is 2.81. The van der Waals surface area contributed by atoms with Crippen LogP contribution in [0, 0.1) is 12.7 Å². The van der Waals surface area contributed by atoms with Crippen LogP contribution in [-0.4, -0.2) is 4.98 Å². The number of aromatic nitrogens is 1. The van der Waals surface area contributed by atoms with E-state index in [1.165, 1.54) is 0 Å². The smallest absolute Gasteiger partial charge is 0.148 e. The lowest BCUT2D eigenvalue weighted by molar-refractivity contribution is 0.633. The summed E-state index contributed by atoms with van der Waals surface area (Å²) in [4.78, 5) is 4.50. The maximum Gasteiger partial charge on any atom is 0.148 e. The van der Waals surface area contributed by atoms with E-state index in [1.807, 2.05) is 20.8 Å². The Kier molecular flexibility index (Phi) is 3.08. The number of aryl methyl sites for hydroxylation is 1. The molecule has 1 heterocycles. The normalized spacial score (nSPS) is 11.4. The SMILES string of the molecule is Cc1cc(Br)c(F)c2c(N)cc(C(C)C)nc12. The second-order valence-corrected chi connectivity index (χ2v) is 5.36. The highest BCUT2D eigenvalue weighted by Gasteiger charge is 2.14. The van der Waals surface area contributed by atoms with Gasteiger partial charge in [0.25, 0.3) is 0 Å². The Balaban J connectivity index is 2.90. The fourth-order valence-electron chi connectivity index (χ4n) is 1.84. The van der Waals surface area contributed by atoms with Gasteiger partial charge in [-0.3, -0.25) is 4.98 Å². The lowest BCUT2D eigenvalue weighted by Crippen LogP contribution is -2.00. The molecule has 0 aliphatic carbocycles. The van der Waals surface area contributed by atoms with Crippen LogP contribution in [0.5, 0.6) is 0 Å². The maximum absolute atomic E-state index is 14.0. The average molecular weight is 297 g/mol. The van der Waals surface area contributed by atoms with Gasteiger partial charge in [0.05, 0.1) is 15.4 Å². The summed E-state index contributed by atoms with van der Waals surface area (Å²) in [6.45, 7) is 5.99. The van der Waals surface area contributed by atoms with E-state index in [0.717, 1.165) is 11.3 Å². The first kappa shape index (κ1) is 12.3. The van der Waals surface area contributed by atoms with E-state index in [9.17, 15) is 4.39 Å². The molecular weight excluding hydrogens is 283 g/mol. The molecule has 0 fully saturated rings. The Morgan fingerprint density at radius 3 is 2.59 bits per heavy atom. The number of nitrogen functional groups attached to an aromatic ring is 1. The molecule has 1 aromatic heterocycles. The van der Waals surface area contributed by atoms with Gasteiger partial charge in [-0.2, -0.15) is 0 Å². The van der Waals surface area contributed by atoms with Crippen LogP contribution in [0.1, 0.15) is 31.0 Å². The van der Waals surface area contributed by atoms with Crippen molar-refractivity contribution >= 4 is 32.5 Å². The maximum atomic E-state index is 14.0. The summed E-state index contributed by atoms with van der Waals surface area (Å²) < 4.78 is 14.4. The van der Waals surface area contributed by atoms with Gasteiger partial charge < -0.3 is 5.73 Å². The van der Waals surface area contributed by atoms with Gasteiger partial charge in [0, 0.05) is 11.4 Å². The van der Waals surface area contributed by atoms with Gasteiger partial charge in [-0.05, 0) is 46.5 Å². The molecule has 0 unspecified atom stereocenters. The molecule has 0 saturated carbocycles. The van der Waals surface area contributed by atoms with E-state index in [2.05, 4.69) is 20.9 Å². The summed E-state index contributed by atoms with van der Waals surface area (Å²) in [5.74, 6) is -0.0706. The van der Waals surface area contributed by atoms with Crippen LogP contribution >= 0.6 is 15.9 Å². The molecule has 2 rings (SSSR count). The predicted molar refractivity (Wildman–Crippen MR) is 72.6 cm³/mol. The second kappa shape index (κ2) is 4.26. The Morgan fingerprint density at radius 2 is 2.00 bits per heavy atom. The monoisotopic (exact) mass is 296 g/mol. The fourth-order valence-corrected chi connectivity index (χ4v) is 2.38. The standard InChI is InChI=1S/C13H14BrFN2/c1-6(2)10-5-9(16)11-12(15)8(14)4-7(3)13(11)17-10/h4-6H,1-3H3,(H2,16,17). The summed E-state index contributed by atoms with van der Waals surface area (Å²) in [5, 5.41) is 0.404. The highest BCUT2D eigenvalue weighted by atomic mass is 79.9. The molecule has 0 aliphatic rings. The molecule has 2 aromatic rings. The molecule has 0 amide bonds. The zero-order valence-corrected chi connectivity index (χ0v) is 11.6. The molecule has 0 saturated heterocycles. The van der Waals surface area contributed by atoms with E-state index in [0.29, 0.717) is 21.1 Å². The highest BCUT2D eigenvalue weighted by molar-refractivity contribution is 9.10. The van der Waals surface area contributed by atoms with E-state index >= 15 is 0 Å². The Morgan fingerprint density at radius 1 is 1.35 bits per heavy atom. The second-order valence-electron chi connectivity index (χ2n) is 4.50. The van der Waals surface area contributed by atoms with Crippen LogP contribution in [0.2, 0.25) is 0 Å². The van der Waals surface area contributed by atoms with Gasteiger partial charge >= 0.3 is 0 Å². The first-order chi connectivity index (χ1) is 7.91. The van der Waals surface area contributed by atoms with Crippen molar-refractivity contribution in [2.24, 2.45) is 0 Å². The van der Waals surface area contributed by atoms with Gasteiger partial charge in [0.2, 0.25) is 0 Å². The predicted octanol–water partition coefficient (Wildman–Crippen LogP) is 4.15. The molecule has 0 atom stereocenters. The van der Waals surface area contributed by atoms with E-state index in [4.69, 9.17) is 5.73 Å². The molecule has 2 N–H and O–H groups in total. The third kappa shape index (κ3) is 2.02. The van der Waals surface area contributed by atoms with E-state index < -0.39 is 0 Å². The van der Waals surface area contributed by atoms with Crippen molar-refractivity contribution in [2.75, 3.05) is 5.73 Å². The van der Waals surface area contributed by atoms with Gasteiger partial charge in [0.1, 0.15) is 5.82 Å². The quantitative estimate of drug-likeness (QED) is 0.858. The van der Waals surface area contributed by atoms with Crippen molar-refractivity contribution in [2.45, 2.75) is 26.7 Å². The number of anilines is 1. The Hall–Kier alpha value is -1.16. The van der Waals surface area contributed by atoms with Crippen LogP contribution in [0.4, 0.5) is 10.1 Å². The number of nitrogens with zero attached hydrogens (tertiary/aromatic N) is 1. The number of fused-ring (bicyclic) bond motifs is 1. The largest absolute Gasteiger partial charge is 0.398 e. The first-order valence-corrected chi connectivity index (χ1v) is 6.25. The number of hydrogen-bond donors (Lipinski definition) is 1. The number of halogens is 2. The summed E-state index contributed by atoms with van der Waals surface area (Å²) >= 11 is 3.19. The Labute approximate surface area is 108 Å². The van der Waals surface area contributed by atoms with Gasteiger partial charge in [-0.15, -0.1) is 0 Å². The van der Waals surface area contributed by atoms with Gasteiger partial charge in [0.15, 0.2) is 0 Å². The third-order valence-corrected chi connectivity index (χ3v) is 3.38. The molecule has 17 heavy (non-hydrogen) atoms. The summed E-state index contributed by atoms with van der Waals surface area (Å²) in [6, 6.07) is 3.48. The molecule has 0 bridgehead atoms. The van der Waals surface area contributed by atoms with Crippen molar-refractivity contribution in [1.29, 1.82) is 0 Å². The number of pyridine rings is 1. The fraction of sp³-hybridized carbons (Fsp3) is 0.308. The highest BCUT2D eigenvalue weighted by Crippen LogP contribution is 2.32. The van der Waals surface area contributed by atoms with Gasteiger partial charge in [-0.25, -0.2) is 4.39 Å². The van der Waals surface area contributed by atoms with Crippen LogP contribution < -0.4 is 5.73 Å². The van der Waals surface area contributed by atoms with Crippen molar-refractivity contribution in [3.05, 3.63) is 33.7 Å². The molecule has 1 aromatic carbocycles. The molecular formula is C13H14BrFN2. The zero-order valence-electron chi connectivity index (χ0n) is 10.0. The summed E-state index contributed by atoms with van der Waals surface area (Å²) in [5.41, 5.74) is 8.83. The number of benzene rings is 1. The van der Waals surface area contributed by atoms with Gasteiger partial charge in [-0.1, -0.05) is 13.8 Å². The summed E-state index contributed by atoms with van der Waals surface area (Å²) in [7, 11) is 0.